The van der Waals surface area contributed by atoms with Crippen molar-refractivity contribution in [3.05, 3.63) is 40.2 Å². The first-order chi connectivity index (χ1) is 10.2. The number of hydrogen-bond acceptors (Lipinski definition) is 6. The van der Waals surface area contributed by atoms with E-state index in [1.54, 1.807) is 35.2 Å². The molecule has 4 nitrogen and oxygen atoms in total. The molecule has 0 saturated carbocycles. The summed E-state index contributed by atoms with van der Waals surface area (Å²) in [5.74, 6) is 1.03. The van der Waals surface area contributed by atoms with Gasteiger partial charge in [0.1, 0.15) is 0 Å². The fraction of sp³-hybridized carbons (Fsp3) is 0.267. The molecule has 0 fully saturated rings. The lowest BCUT2D eigenvalue weighted by Gasteiger charge is -1.98. The number of aryl methyl sites for hydroxylation is 1. The Hall–Kier alpha value is -1.84. The first-order valence-corrected chi connectivity index (χ1v) is 8.36. The van der Waals surface area contributed by atoms with Gasteiger partial charge in [-0.3, -0.25) is 4.79 Å². The third-order valence-electron chi connectivity index (χ3n) is 2.77. The van der Waals surface area contributed by atoms with E-state index in [-0.39, 0.29) is 5.97 Å². The van der Waals surface area contributed by atoms with Gasteiger partial charge in [-0.2, -0.15) is 5.26 Å². The number of methoxy groups -OCH3 is 1. The molecule has 0 atom stereocenters. The normalized spacial score (nSPS) is 10.1. The van der Waals surface area contributed by atoms with Crippen LogP contribution in [-0.4, -0.2) is 29.6 Å². The summed E-state index contributed by atoms with van der Waals surface area (Å²) in [6, 6.07) is 9.50. The topological polar surface area (TPSA) is 63.0 Å². The van der Waals surface area contributed by atoms with E-state index in [4.69, 9.17) is 5.26 Å². The molecule has 0 aliphatic carbocycles. The van der Waals surface area contributed by atoms with E-state index < -0.39 is 0 Å². The van der Waals surface area contributed by atoms with Crippen LogP contribution >= 0.6 is 23.1 Å². The van der Waals surface area contributed by atoms with E-state index in [0.717, 1.165) is 28.4 Å². The Balaban J connectivity index is 1.89. The molecule has 21 heavy (non-hydrogen) atoms. The van der Waals surface area contributed by atoms with Crippen molar-refractivity contribution in [2.75, 3.05) is 18.6 Å². The second kappa shape index (κ2) is 7.81. The van der Waals surface area contributed by atoms with Crippen LogP contribution in [0.2, 0.25) is 0 Å². The van der Waals surface area contributed by atoms with E-state index in [0.29, 0.717) is 11.3 Å². The number of benzene rings is 1. The standard InChI is InChI=1S/C15H14N2O2S2/c1-19-15(18)10-20-7-6-14-17-13(9-21-14)12-4-2-11(8-16)3-5-12/h2-5,9H,6-7,10H2,1H3. The molecule has 2 rings (SSSR count). The molecule has 0 spiro atoms. The maximum absolute atomic E-state index is 11.0. The second-order valence-electron chi connectivity index (χ2n) is 4.19. The zero-order chi connectivity index (χ0) is 15.1. The molecule has 0 bridgehead atoms. The minimum Gasteiger partial charge on any atom is -0.468 e. The van der Waals surface area contributed by atoms with Crippen molar-refractivity contribution in [1.29, 1.82) is 5.26 Å². The first-order valence-electron chi connectivity index (χ1n) is 6.32. The van der Waals surface area contributed by atoms with Crippen molar-refractivity contribution in [3.63, 3.8) is 0 Å². The predicted molar refractivity (Wildman–Crippen MR) is 85.3 cm³/mol. The third-order valence-corrected chi connectivity index (χ3v) is 4.61. The summed E-state index contributed by atoms with van der Waals surface area (Å²) < 4.78 is 4.59. The van der Waals surface area contributed by atoms with E-state index in [1.807, 2.05) is 17.5 Å². The number of thioether (sulfide) groups is 1. The van der Waals surface area contributed by atoms with Crippen LogP contribution in [0.3, 0.4) is 0 Å². The van der Waals surface area contributed by atoms with E-state index >= 15 is 0 Å². The van der Waals surface area contributed by atoms with Gasteiger partial charge in [0.25, 0.3) is 0 Å². The molecule has 0 N–H and O–H groups in total. The van der Waals surface area contributed by atoms with Crippen LogP contribution in [0.5, 0.6) is 0 Å². The highest BCUT2D eigenvalue weighted by molar-refractivity contribution is 7.99. The Morgan fingerprint density at radius 2 is 2.19 bits per heavy atom. The SMILES string of the molecule is COC(=O)CSCCc1nc(-c2ccc(C#N)cc2)cs1. The van der Waals surface area contributed by atoms with Crippen LogP contribution in [0.4, 0.5) is 0 Å². The number of aromatic nitrogens is 1. The van der Waals surface area contributed by atoms with Crippen LogP contribution in [0.25, 0.3) is 11.3 Å². The molecule has 108 valence electrons. The molecular weight excluding hydrogens is 304 g/mol. The molecule has 1 aromatic carbocycles. The van der Waals surface area contributed by atoms with Crippen LogP contribution in [-0.2, 0) is 16.0 Å². The average Bonchev–Trinajstić information content (AvgIpc) is 3.00. The van der Waals surface area contributed by atoms with Gasteiger partial charge in [-0.1, -0.05) is 12.1 Å². The Labute approximate surface area is 131 Å². The van der Waals surface area contributed by atoms with Gasteiger partial charge >= 0.3 is 5.97 Å². The zero-order valence-corrected chi connectivity index (χ0v) is 13.2. The predicted octanol–water partition coefficient (Wildman–Crippen LogP) is 3.13. The number of nitrogens with zero attached hydrogens (tertiary/aromatic N) is 2. The van der Waals surface area contributed by atoms with Crippen molar-refractivity contribution in [1.82, 2.24) is 4.98 Å². The van der Waals surface area contributed by atoms with Gasteiger partial charge in [-0.05, 0) is 12.1 Å². The molecule has 6 heteroatoms. The summed E-state index contributed by atoms with van der Waals surface area (Å²) in [5.41, 5.74) is 2.59. The van der Waals surface area contributed by atoms with Crippen molar-refractivity contribution < 1.29 is 9.53 Å². The van der Waals surface area contributed by atoms with E-state index in [1.165, 1.54) is 7.11 Å². The van der Waals surface area contributed by atoms with E-state index in [9.17, 15) is 4.79 Å². The number of hydrogen-bond donors (Lipinski definition) is 0. The smallest absolute Gasteiger partial charge is 0.315 e. The fourth-order valence-electron chi connectivity index (χ4n) is 1.65. The van der Waals surface area contributed by atoms with Crippen molar-refractivity contribution >= 4 is 29.1 Å². The molecule has 0 radical (unpaired) electrons. The maximum atomic E-state index is 11.0. The second-order valence-corrected chi connectivity index (χ2v) is 6.24. The Morgan fingerprint density at radius 3 is 2.86 bits per heavy atom. The monoisotopic (exact) mass is 318 g/mol. The maximum Gasteiger partial charge on any atom is 0.315 e. The highest BCUT2D eigenvalue weighted by atomic mass is 32.2. The summed E-state index contributed by atoms with van der Waals surface area (Å²) in [6.07, 6.45) is 0.836. The summed E-state index contributed by atoms with van der Waals surface area (Å²) in [5, 5.41) is 11.8. The van der Waals surface area contributed by atoms with E-state index in [2.05, 4.69) is 15.8 Å². The van der Waals surface area contributed by atoms with Crippen LogP contribution in [0, 0.1) is 11.3 Å². The van der Waals surface area contributed by atoms with Crippen LogP contribution in [0.1, 0.15) is 10.6 Å². The number of rotatable bonds is 6. The number of nitriles is 1. The Bertz CT molecular complexity index is 644. The molecule has 0 amide bonds. The fourth-order valence-corrected chi connectivity index (χ4v) is 3.35. The van der Waals surface area contributed by atoms with Crippen molar-refractivity contribution in [2.45, 2.75) is 6.42 Å². The number of carbonyl (C=O) groups excluding carboxylic acids is 1. The molecule has 2 aromatic rings. The zero-order valence-electron chi connectivity index (χ0n) is 11.5. The summed E-state index contributed by atoms with van der Waals surface area (Å²) in [4.78, 5) is 15.6. The molecule has 1 aromatic heterocycles. The summed E-state index contributed by atoms with van der Waals surface area (Å²) >= 11 is 3.16. The van der Waals surface area contributed by atoms with Gasteiger partial charge in [0, 0.05) is 23.1 Å². The lowest BCUT2D eigenvalue weighted by atomic mass is 10.1. The minimum absolute atomic E-state index is 0.197. The van der Waals surface area contributed by atoms with Crippen molar-refractivity contribution in [2.24, 2.45) is 0 Å². The lowest BCUT2D eigenvalue weighted by Crippen LogP contribution is -2.04. The molecule has 0 saturated heterocycles. The molecule has 1 heterocycles. The Kier molecular flexibility index (Phi) is 5.78. The minimum atomic E-state index is -0.197. The first kappa shape index (κ1) is 15.5. The molecule has 0 aliphatic rings. The number of thiazole rings is 1. The lowest BCUT2D eigenvalue weighted by molar-refractivity contribution is -0.137. The Morgan fingerprint density at radius 1 is 1.43 bits per heavy atom. The van der Waals surface area contributed by atoms with Gasteiger partial charge in [-0.15, -0.1) is 23.1 Å². The quantitative estimate of drug-likeness (QED) is 0.605. The number of ether oxygens (including phenoxy) is 1. The van der Waals surface area contributed by atoms with Gasteiger partial charge in [0.15, 0.2) is 0 Å². The molecular formula is C15H14N2O2S2. The highest BCUT2D eigenvalue weighted by Gasteiger charge is 2.06. The van der Waals surface area contributed by atoms with Crippen LogP contribution < -0.4 is 0 Å². The highest BCUT2D eigenvalue weighted by Crippen LogP contribution is 2.23. The summed E-state index contributed by atoms with van der Waals surface area (Å²) in [6.45, 7) is 0. The summed E-state index contributed by atoms with van der Waals surface area (Å²) in [7, 11) is 1.40. The molecule has 0 aliphatic heterocycles. The largest absolute Gasteiger partial charge is 0.468 e. The van der Waals surface area contributed by atoms with Gasteiger partial charge in [0.2, 0.25) is 0 Å². The average molecular weight is 318 g/mol. The van der Waals surface area contributed by atoms with Gasteiger partial charge in [-0.25, -0.2) is 4.98 Å². The van der Waals surface area contributed by atoms with Gasteiger partial charge < -0.3 is 4.74 Å². The number of carbonyl (C=O) groups is 1. The van der Waals surface area contributed by atoms with Crippen molar-refractivity contribution in [3.8, 4) is 17.3 Å². The molecule has 0 unspecified atom stereocenters. The third kappa shape index (κ3) is 4.59. The van der Waals surface area contributed by atoms with Gasteiger partial charge in [0.05, 0.1) is 35.2 Å². The number of esters is 1. The van der Waals surface area contributed by atoms with Crippen LogP contribution in [0.15, 0.2) is 29.6 Å².